The SMILES string of the molecule is CCCCCCCCc1ccc(/C=C/c2ccc([Se]c3ccc(/C=C/c4ccc(CCCCCCCC)cc4)cc3)cc2)cc1. The maximum atomic E-state index is 2.30. The summed E-state index contributed by atoms with van der Waals surface area (Å²) in [5, 5.41) is 0. The molecule has 0 spiro atoms. The topological polar surface area (TPSA) is 0 Å². The molecule has 0 amide bonds. The molecule has 0 aromatic heterocycles. The van der Waals surface area contributed by atoms with Crippen LogP contribution in [0.1, 0.15) is 124 Å². The van der Waals surface area contributed by atoms with E-state index >= 15 is 0 Å². The molecule has 4 rings (SSSR count). The first kappa shape index (κ1) is 34.7. The van der Waals surface area contributed by atoms with Crippen molar-refractivity contribution in [3.05, 3.63) is 130 Å². The molecule has 0 N–H and O–H groups in total. The van der Waals surface area contributed by atoms with E-state index in [1.807, 2.05) is 0 Å². The van der Waals surface area contributed by atoms with Crippen LogP contribution in [0.2, 0.25) is 0 Å². The Morgan fingerprint density at radius 3 is 0.978 bits per heavy atom. The van der Waals surface area contributed by atoms with Crippen molar-refractivity contribution in [2.45, 2.75) is 104 Å². The van der Waals surface area contributed by atoms with Crippen LogP contribution in [0.5, 0.6) is 0 Å². The average Bonchev–Trinajstić information content (AvgIpc) is 3.08. The summed E-state index contributed by atoms with van der Waals surface area (Å²) in [6, 6.07) is 36.3. The van der Waals surface area contributed by atoms with Gasteiger partial charge in [-0.2, -0.15) is 0 Å². The van der Waals surface area contributed by atoms with Crippen LogP contribution in [0, 0.1) is 0 Å². The quantitative estimate of drug-likeness (QED) is 0.0502. The third kappa shape index (κ3) is 13.8. The van der Waals surface area contributed by atoms with Crippen molar-refractivity contribution in [1.29, 1.82) is 0 Å². The second-order valence-electron chi connectivity index (χ2n) is 12.4. The summed E-state index contributed by atoms with van der Waals surface area (Å²) < 4.78 is 2.81. The zero-order valence-electron chi connectivity index (χ0n) is 27.9. The van der Waals surface area contributed by atoms with Crippen LogP contribution in [0.3, 0.4) is 0 Å². The Balaban J connectivity index is 1.18. The number of hydrogen-bond acceptors (Lipinski definition) is 0. The van der Waals surface area contributed by atoms with Crippen molar-refractivity contribution in [3.8, 4) is 0 Å². The van der Waals surface area contributed by atoms with Gasteiger partial charge in [-0.15, -0.1) is 0 Å². The fourth-order valence-corrected chi connectivity index (χ4v) is 7.34. The molecule has 0 saturated carbocycles. The van der Waals surface area contributed by atoms with E-state index in [1.165, 1.54) is 132 Å². The molecule has 0 heterocycles. The zero-order chi connectivity index (χ0) is 31.4. The summed E-state index contributed by atoms with van der Waals surface area (Å²) in [5.74, 6) is 0. The van der Waals surface area contributed by atoms with E-state index in [0.29, 0.717) is 15.0 Å². The molecule has 0 radical (unpaired) electrons. The van der Waals surface area contributed by atoms with Gasteiger partial charge >= 0.3 is 204 Å². The number of aryl methyl sites for hydroxylation is 2. The fraction of sp³-hybridized carbons (Fsp3) is 0.364. The molecule has 0 saturated heterocycles. The van der Waals surface area contributed by atoms with Gasteiger partial charge in [-0.25, -0.2) is 0 Å². The summed E-state index contributed by atoms with van der Waals surface area (Å²) in [7, 11) is 0. The summed E-state index contributed by atoms with van der Waals surface area (Å²) in [6.07, 6.45) is 27.6. The van der Waals surface area contributed by atoms with E-state index in [-0.39, 0.29) is 0 Å². The summed E-state index contributed by atoms with van der Waals surface area (Å²) in [4.78, 5) is 0. The second kappa shape index (κ2) is 20.8. The van der Waals surface area contributed by atoms with Gasteiger partial charge in [0.25, 0.3) is 0 Å². The molecule has 4 aromatic rings. The molecule has 0 aliphatic heterocycles. The van der Waals surface area contributed by atoms with E-state index in [4.69, 9.17) is 0 Å². The molecule has 4 aromatic carbocycles. The van der Waals surface area contributed by atoms with Crippen molar-refractivity contribution in [1.82, 2.24) is 0 Å². The normalized spacial score (nSPS) is 11.6. The molecule has 236 valence electrons. The Bertz CT molecular complexity index is 1280. The van der Waals surface area contributed by atoms with Gasteiger partial charge in [0, 0.05) is 0 Å². The molecule has 45 heavy (non-hydrogen) atoms. The van der Waals surface area contributed by atoms with E-state index in [0.717, 1.165) is 0 Å². The van der Waals surface area contributed by atoms with E-state index in [1.54, 1.807) is 0 Å². The van der Waals surface area contributed by atoms with Gasteiger partial charge in [-0.05, 0) is 0 Å². The second-order valence-corrected chi connectivity index (χ2v) is 14.8. The van der Waals surface area contributed by atoms with Gasteiger partial charge < -0.3 is 0 Å². The minimum atomic E-state index is 0.308. The number of unbranched alkanes of at least 4 members (excludes halogenated alkanes) is 10. The van der Waals surface area contributed by atoms with Crippen molar-refractivity contribution < 1.29 is 0 Å². The molecule has 1 heteroatoms. The molecule has 0 nitrogen and oxygen atoms in total. The predicted octanol–water partition coefficient (Wildman–Crippen LogP) is 11.5. The minimum absolute atomic E-state index is 0.308. The third-order valence-corrected chi connectivity index (χ3v) is 10.7. The molecule has 0 aliphatic carbocycles. The van der Waals surface area contributed by atoms with Crippen LogP contribution < -0.4 is 8.92 Å². The van der Waals surface area contributed by atoms with Crippen LogP contribution in [0.25, 0.3) is 24.3 Å². The maximum absolute atomic E-state index is 2.30. The molecule has 0 aliphatic rings. The van der Waals surface area contributed by atoms with Crippen LogP contribution >= 0.6 is 0 Å². The first-order valence-electron chi connectivity index (χ1n) is 17.6. The van der Waals surface area contributed by atoms with Crippen molar-refractivity contribution in [2.75, 3.05) is 0 Å². The zero-order valence-corrected chi connectivity index (χ0v) is 29.6. The molecular weight excluding hydrogens is 607 g/mol. The van der Waals surface area contributed by atoms with E-state index in [2.05, 4.69) is 135 Å². The summed E-state index contributed by atoms with van der Waals surface area (Å²) >= 11 is 0.308. The van der Waals surface area contributed by atoms with Crippen LogP contribution in [-0.4, -0.2) is 15.0 Å². The Kier molecular flexibility index (Phi) is 16.1. The van der Waals surface area contributed by atoms with Gasteiger partial charge in [0.15, 0.2) is 0 Å². The molecule has 0 atom stereocenters. The van der Waals surface area contributed by atoms with Crippen LogP contribution in [-0.2, 0) is 12.8 Å². The van der Waals surface area contributed by atoms with Crippen LogP contribution in [0.4, 0.5) is 0 Å². The fourth-order valence-electron chi connectivity index (χ4n) is 5.62. The molecule has 0 bridgehead atoms. The van der Waals surface area contributed by atoms with E-state index < -0.39 is 0 Å². The van der Waals surface area contributed by atoms with Gasteiger partial charge in [0.1, 0.15) is 0 Å². The summed E-state index contributed by atoms with van der Waals surface area (Å²) in [5.41, 5.74) is 7.96. The first-order valence-corrected chi connectivity index (χ1v) is 19.3. The van der Waals surface area contributed by atoms with Gasteiger partial charge in [0.05, 0.1) is 0 Å². The molecular formula is C44H54Se. The monoisotopic (exact) mass is 662 g/mol. The molecule has 0 fully saturated rings. The number of rotatable bonds is 20. The first-order chi connectivity index (χ1) is 22.2. The molecule has 0 unspecified atom stereocenters. The Hall–Kier alpha value is -3.12. The Labute approximate surface area is 281 Å². The van der Waals surface area contributed by atoms with Crippen molar-refractivity contribution in [2.24, 2.45) is 0 Å². The third-order valence-electron chi connectivity index (χ3n) is 8.53. The number of benzene rings is 4. The predicted molar refractivity (Wildman–Crippen MR) is 203 cm³/mol. The number of hydrogen-bond donors (Lipinski definition) is 0. The Morgan fingerprint density at radius 1 is 0.356 bits per heavy atom. The standard InChI is InChI=1S/C44H54Se/c1-3-5-7-9-11-13-15-37-17-21-39(22-18-37)25-27-41-29-33-43(34-30-41)45-44-35-31-42(32-36-44)28-26-40-23-19-38(20-24-40)16-14-12-10-8-6-4-2/h17-36H,3-16H2,1-2H3/b27-25+,28-26+. The summed E-state index contributed by atoms with van der Waals surface area (Å²) in [6.45, 7) is 4.56. The van der Waals surface area contributed by atoms with Crippen molar-refractivity contribution in [3.63, 3.8) is 0 Å². The Morgan fingerprint density at radius 2 is 0.644 bits per heavy atom. The average molecular weight is 662 g/mol. The van der Waals surface area contributed by atoms with Gasteiger partial charge in [-0.1, -0.05) is 78.1 Å². The van der Waals surface area contributed by atoms with Gasteiger partial charge in [0.2, 0.25) is 0 Å². The van der Waals surface area contributed by atoms with Crippen LogP contribution in [0.15, 0.2) is 97.1 Å². The van der Waals surface area contributed by atoms with E-state index in [9.17, 15) is 0 Å². The van der Waals surface area contributed by atoms with Gasteiger partial charge in [-0.3, -0.25) is 0 Å². The van der Waals surface area contributed by atoms with Crippen molar-refractivity contribution >= 4 is 48.2 Å².